The van der Waals surface area contributed by atoms with E-state index in [9.17, 15) is 8.78 Å². The second-order valence-electron chi connectivity index (χ2n) is 4.11. The van der Waals surface area contributed by atoms with Gasteiger partial charge in [0.1, 0.15) is 11.6 Å². The summed E-state index contributed by atoms with van der Waals surface area (Å²) in [5.41, 5.74) is 1.68. The Balaban J connectivity index is 3.02. The van der Waals surface area contributed by atoms with E-state index in [0.29, 0.717) is 11.5 Å². The van der Waals surface area contributed by atoms with Gasteiger partial charge in [-0.25, -0.2) is 8.78 Å². The SMILES string of the molecule is CNC/C(=C/c1cc(F)cc(F)c1)C(C)C. The number of benzene rings is 1. The van der Waals surface area contributed by atoms with Crippen LogP contribution in [0.3, 0.4) is 0 Å². The third-order valence-corrected chi connectivity index (χ3v) is 2.36. The van der Waals surface area contributed by atoms with Gasteiger partial charge in [0.15, 0.2) is 0 Å². The van der Waals surface area contributed by atoms with E-state index in [2.05, 4.69) is 19.2 Å². The molecule has 0 fully saturated rings. The fraction of sp³-hybridized carbons (Fsp3) is 0.385. The maximum absolute atomic E-state index is 13.0. The second kappa shape index (κ2) is 5.75. The van der Waals surface area contributed by atoms with Gasteiger partial charge in [0, 0.05) is 12.6 Å². The minimum Gasteiger partial charge on any atom is -0.316 e. The Bertz CT molecular complexity index is 363. The average molecular weight is 225 g/mol. The van der Waals surface area contributed by atoms with E-state index in [1.807, 2.05) is 13.1 Å². The summed E-state index contributed by atoms with van der Waals surface area (Å²) in [4.78, 5) is 0. The monoisotopic (exact) mass is 225 g/mol. The summed E-state index contributed by atoms with van der Waals surface area (Å²) >= 11 is 0. The maximum Gasteiger partial charge on any atom is 0.126 e. The molecule has 0 saturated carbocycles. The standard InChI is InChI=1S/C13H17F2N/c1-9(2)11(8-16-3)4-10-5-12(14)7-13(15)6-10/h4-7,9,16H,8H2,1-3H3/b11-4-. The molecule has 0 bridgehead atoms. The van der Waals surface area contributed by atoms with Crippen LogP contribution in [0.25, 0.3) is 6.08 Å². The molecule has 88 valence electrons. The summed E-state index contributed by atoms with van der Waals surface area (Å²) in [6, 6.07) is 3.55. The Hall–Kier alpha value is -1.22. The number of hydrogen-bond donors (Lipinski definition) is 1. The van der Waals surface area contributed by atoms with Crippen LogP contribution in [0.2, 0.25) is 0 Å². The predicted molar refractivity (Wildman–Crippen MR) is 63.1 cm³/mol. The van der Waals surface area contributed by atoms with E-state index in [1.54, 1.807) is 0 Å². The van der Waals surface area contributed by atoms with E-state index in [1.165, 1.54) is 12.1 Å². The fourth-order valence-electron chi connectivity index (χ4n) is 1.50. The summed E-state index contributed by atoms with van der Waals surface area (Å²) in [6.45, 7) is 4.83. The Morgan fingerprint density at radius 3 is 2.25 bits per heavy atom. The molecule has 1 N–H and O–H groups in total. The average Bonchev–Trinajstić information content (AvgIpc) is 2.15. The molecule has 16 heavy (non-hydrogen) atoms. The van der Waals surface area contributed by atoms with Gasteiger partial charge in [0.25, 0.3) is 0 Å². The highest BCUT2D eigenvalue weighted by Crippen LogP contribution is 2.16. The molecule has 0 atom stereocenters. The molecule has 1 rings (SSSR count). The highest BCUT2D eigenvalue weighted by molar-refractivity contribution is 5.53. The lowest BCUT2D eigenvalue weighted by molar-refractivity contribution is 0.582. The van der Waals surface area contributed by atoms with Gasteiger partial charge in [-0.1, -0.05) is 25.5 Å². The van der Waals surface area contributed by atoms with E-state index < -0.39 is 11.6 Å². The van der Waals surface area contributed by atoms with Crippen LogP contribution in [-0.4, -0.2) is 13.6 Å². The Labute approximate surface area is 95.2 Å². The van der Waals surface area contributed by atoms with Crippen LogP contribution in [0.5, 0.6) is 0 Å². The topological polar surface area (TPSA) is 12.0 Å². The van der Waals surface area contributed by atoms with Crippen molar-refractivity contribution in [2.45, 2.75) is 13.8 Å². The lowest BCUT2D eigenvalue weighted by Gasteiger charge is -2.11. The van der Waals surface area contributed by atoms with Crippen molar-refractivity contribution in [3.05, 3.63) is 41.0 Å². The summed E-state index contributed by atoms with van der Waals surface area (Å²) in [7, 11) is 1.85. The van der Waals surface area contributed by atoms with E-state index in [0.717, 1.165) is 18.2 Å². The molecule has 0 amide bonds. The number of rotatable bonds is 4. The summed E-state index contributed by atoms with van der Waals surface area (Å²) in [6.07, 6.45) is 1.83. The van der Waals surface area contributed by atoms with Crippen molar-refractivity contribution in [2.75, 3.05) is 13.6 Å². The van der Waals surface area contributed by atoms with Crippen LogP contribution in [0, 0.1) is 17.6 Å². The number of likely N-dealkylation sites (N-methyl/N-ethyl adjacent to an activating group) is 1. The van der Waals surface area contributed by atoms with Crippen LogP contribution in [0.4, 0.5) is 8.78 Å². The molecule has 0 heterocycles. The lowest BCUT2D eigenvalue weighted by atomic mass is 10.0. The zero-order valence-corrected chi connectivity index (χ0v) is 9.85. The molecular formula is C13H17F2N. The van der Waals surface area contributed by atoms with Crippen LogP contribution in [0.1, 0.15) is 19.4 Å². The van der Waals surface area contributed by atoms with Crippen molar-refractivity contribution in [2.24, 2.45) is 5.92 Å². The van der Waals surface area contributed by atoms with Crippen molar-refractivity contribution in [3.8, 4) is 0 Å². The molecule has 0 aliphatic heterocycles. The molecule has 3 heteroatoms. The Kier molecular flexibility index (Phi) is 4.62. The maximum atomic E-state index is 13.0. The van der Waals surface area contributed by atoms with Gasteiger partial charge in [-0.15, -0.1) is 0 Å². The van der Waals surface area contributed by atoms with Crippen molar-refractivity contribution in [1.29, 1.82) is 0 Å². The van der Waals surface area contributed by atoms with Gasteiger partial charge >= 0.3 is 0 Å². The number of halogens is 2. The van der Waals surface area contributed by atoms with Gasteiger partial charge in [-0.3, -0.25) is 0 Å². The largest absolute Gasteiger partial charge is 0.316 e. The van der Waals surface area contributed by atoms with Crippen molar-refractivity contribution in [1.82, 2.24) is 5.32 Å². The highest BCUT2D eigenvalue weighted by Gasteiger charge is 2.04. The lowest BCUT2D eigenvalue weighted by Crippen LogP contribution is -2.13. The molecule has 0 spiro atoms. The fourth-order valence-corrected chi connectivity index (χ4v) is 1.50. The molecule has 0 radical (unpaired) electrons. The van der Waals surface area contributed by atoms with Crippen molar-refractivity contribution >= 4 is 6.08 Å². The molecular weight excluding hydrogens is 208 g/mol. The van der Waals surface area contributed by atoms with Crippen molar-refractivity contribution < 1.29 is 8.78 Å². The molecule has 1 nitrogen and oxygen atoms in total. The smallest absolute Gasteiger partial charge is 0.126 e. The predicted octanol–water partition coefficient (Wildman–Crippen LogP) is 3.22. The second-order valence-corrected chi connectivity index (χ2v) is 4.11. The molecule has 1 aromatic carbocycles. The number of nitrogens with one attached hydrogen (secondary N) is 1. The van der Waals surface area contributed by atoms with Crippen LogP contribution in [-0.2, 0) is 0 Å². The Morgan fingerprint density at radius 2 is 1.81 bits per heavy atom. The van der Waals surface area contributed by atoms with Crippen LogP contribution >= 0.6 is 0 Å². The number of hydrogen-bond acceptors (Lipinski definition) is 1. The molecule has 0 saturated heterocycles. The van der Waals surface area contributed by atoms with Crippen LogP contribution < -0.4 is 5.32 Å². The van der Waals surface area contributed by atoms with Gasteiger partial charge in [-0.05, 0) is 30.7 Å². The first-order valence-electron chi connectivity index (χ1n) is 5.34. The normalized spacial score (nSPS) is 12.2. The first kappa shape index (κ1) is 12.8. The molecule has 0 unspecified atom stereocenters. The first-order chi connectivity index (χ1) is 7.52. The van der Waals surface area contributed by atoms with E-state index in [-0.39, 0.29) is 0 Å². The molecule has 1 aromatic rings. The van der Waals surface area contributed by atoms with Gasteiger partial charge < -0.3 is 5.32 Å². The Morgan fingerprint density at radius 1 is 1.25 bits per heavy atom. The van der Waals surface area contributed by atoms with Crippen molar-refractivity contribution in [3.63, 3.8) is 0 Å². The van der Waals surface area contributed by atoms with Crippen LogP contribution in [0.15, 0.2) is 23.8 Å². The van der Waals surface area contributed by atoms with Gasteiger partial charge in [0.05, 0.1) is 0 Å². The van der Waals surface area contributed by atoms with Gasteiger partial charge in [0.2, 0.25) is 0 Å². The molecule has 0 aliphatic rings. The zero-order chi connectivity index (χ0) is 12.1. The van der Waals surface area contributed by atoms with E-state index >= 15 is 0 Å². The molecule has 0 aliphatic carbocycles. The quantitative estimate of drug-likeness (QED) is 0.829. The summed E-state index contributed by atoms with van der Waals surface area (Å²) in [5, 5.41) is 3.04. The zero-order valence-electron chi connectivity index (χ0n) is 9.85. The summed E-state index contributed by atoms with van der Waals surface area (Å²) < 4.78 is 26.0. The van der Waals surface area contributed by atoms with E-state index in [4.69, 9.17) is 0 Å². The third-order valence-electron chi connectivity index (χ3n) is 2.36. The minimum absolute atomic E-state index is 0.346. The molecule has 0 aromatic heterocycles. The van der Waals surface area contributed by atoms with Gasteiger partial charge in [-0.2, -0.15) is 0 Å². The minimum atomic E-state index is -0.543. The highest BCUT2D eigenvalue weighted by atomic mass is 19.1. The third kappa shape index (κ3) is 3.74. The summed E-state index contributed by atoms with van der Waals surface area (Å²) in [5.74, 6) is -0.739. The first-order valence-corrected chi connectivity index (χ1v) is 5.34.